The molecule has 3 nitrogen and oxygen atoms in total. The number of nitriles is 1. The van der Waals surface area contributed by atoms with Crippen molar-refractivity contribution in [3.63, 3.8) is 0 Å². The van der Waals surface area contributed by atoms with Gasteiger partial charge in [-0.05, 0) is 50.4 Å². The van der Waals surface area contributed by atoms with Crippen LogP contribution in [0.5, 0.6) is 0 Å². The lowest BCUT2D eigenvalue weighted by Gasteiger charge is -2.40. The molecule has 0 aliphatic heterocycles. The third kappa shape index (κ3) is 3.08. The van der Waals surface area contributed by atoms with Crippen LogP contribution in [0.2, 0.25) is 0 Å². The summed E-state index contributed by atoms with van der Waals surface area (Å²) in [6, 6.07) is 10.7. The van der Waals surface area contributed by atoms with Crippen LogP contribution in [0.4, 0.5) is 5.69 Å². The van der Waals surface area contributed by atoms with Crippen molar-refractivity contribution < 1.29 is 0 Å². The Kier molecular flexibility index (Phi) is 4.81. The third-order valence-electron chi connectivity index (χ3n) is 4.22. The van der Waals surface area contributed by atoms with E-state index in [1.54, 1.807) is 0 Å². The zero-order chi connectivity index (χ0) is 13.7. The molecular formula is C16H23N3. The van der Waals surface area contributed by atoms with Crippen LogP contribution in [0, 0.1) is 17.2 Å². The van der Waals surface area contributed by atoms with Crippen molar-refractivity contribution in [2.75, 3.05) is 18.0 Å². The number of rotatable bonds is 4. The predicted octanol–water partition coefficient (Wildman–Crippen LogP) is 2.90. The maximum absolute atomic E-state index is 9.04. The van der Waals surface area contributed by atoms with Crippen LogP contribution < -0.4 is 10.6 Å². The second-order valence-electron chi connectivity index (χ2n) is 5.30. The van der Waals surface area contributed by atoms with Gasteiger partial charge < -0.3 is 10.6 Å². The van der Waals surface area contributed by atoms with Gasteiger partial charge in [0.15, 0.2) is 0 Å². The minimum absolute atomic E-state index is 0.526. The number of nitrogens with zero attached hydrogens (tertiary/aromatic N) is 2. The van der Waals surface area contributed by atoms with E-state index in [1.165, 1.54) is 25.7 Å². The van der Waals surface area contributed by atoms with Crippen LogP contribution in [0.25, 0.3) is 0 Å². The summed E-state index contributed by atoms with van der Waals surface area (Å²) in [6.45, 7) is 3.91. The summed E-state index contributed by atoms with van der Waals surface area (Å²) in [4.78, 5) is 2.43. The molecule has 2 N–H and O–H groups in total. The van der Waals surface area contributed by atoms with E-state index < -0.39 is 0 Å². The summed E-state index contributed by atoms with van der Waals surface area (Å²) in [6.07, 6.45) is 5.03. The van der Waals surface area contributed by atoms with Gasteiger partial charge in [0.2, 0.25) is 0 Å². The van der Waals surface area contributed by atoms with Crippen molar-refractivity contribution in [1.29, 1.82) is 5.26 Å². The van der Waals surface area contributed by atoms with Crippen LogP contribution in [-0.4, -0.2) is 19.1 Å². The monoisotopic (exact) mass is 257 g/mol. The number of hydrogen-bond donors (Lipinski definition) is 1. The minimum atomic E-state index is 0.526. The van der Waals surface area contributed by atoms with E-state index in [0.29, 0.717) is 12.0 Å². The van der Waals surface area contributed by atoms with Crippen LogP contribution in [0.15, 0.2) is 24.3 Å². The van der Waals surface area contributed by atoms with E-state index in [-0.39, 0.29) is 0 Å². The largest absolute Gasteiger partial charge is 0.368 e. The molecule has 0 aromatic heterocycles. The molecule has 1 fully saturated rings. The first-order chi connectivity index (χ1) is 9.30. The Labute approximate surface area is 116 Å². The summed E-state index contributed by atoms with van der Waals surface area (Å²) < 4.78 is 0. The molecule has 3 heteroatoms. The number of nitrogens with two attached hydrogens (primary N) is 1. The standard InChI is InChI=1S/C16H23N3/c1-2-19(15-8-5-6-13(10-15)11-17)16-9-4-3-7-14(16)12-18/h5-6,8,10,14,16H,2-4,7,9,12,18H2,1H3. The Bertz CT molecular complexity index is 450. The minimum Gasteiger partial charge on any atom is -0.368 e. The van der Waals surface area contributed by atoms with E-state index in [9.17, 15) is 0 Å². The highest BCUT2D eigenvalue weighted by molar-refractivity contribution is 5.52. The SMILES string of the molecule is CCN(c1cccc(C#N)c1)C1CCCCC1CN. The maximum Gasteiger partial charge on any atom is 0.0992 e. The molecule has 1 saturated carbocycles. The average Bonchev–Trinajstić information content (AvgIpc) is 2.49. The van der Waals surface area contributed by atoms with Gasteiger partial charge in [0.1, 0.15) is 0 Å². The molecule has 0 bridgehead atoms. The highest BCUT2D eigenvalue weighted by Gasteiger charge is 2.28. The smallest absolute Gasteiger partial charge is 0.0992 e. The topological polar surface area (TPSA) is 53.0 Å². The first-order valence-electron chi connectivity index (χ1n) is 7.27. The molecule has 0 spiro atoms. The molecule has 0 radical (unpaired) electrons. The molecule has 0 amide bonds. The lowest BCUT2D eigenvalue weighted by molar-refractivity contribution is 0.300. The first kappa shape index (κ1) is 13.9. The van der Waals surface area contributed by atoms with E-state index in [0.717, 1.165) is 24.3 Å². The fourth-order valence-electron chi connectivity index (χ4n) is 3.24. The van der Waals surface area contributed by atoms with Crippen LogP contribution in [0.3, 0.4) is 0 Å². The average molecular weight is 257 g/mol. The van der Waals surface area contributed by atoms with Crippen LogP contribution in [-0.2, 0) is 0 Å². The third-order valence-corrected chi connectivity index (χ3v) is 4.22. The molecule has 2 atom stereocenters. The zero-order valence-corrected chi connectivity index (χ0v) is 11.7. The van der Waals surface area contributed by atoms with Crippen molar-refractivity contribution in [3.05, 3.63) is 29.8 Å². The molecule has 2 unspecified atom stereocenters. The van der Waals surface area contributed by atoms with Gasteiger partial charge in [-0.15, -0.1) is 0 Å². The molecule has 19 heavy (non-hydrogen) atoms. The summed E-state index contributed by atoms with van der Waals surface area (Å²) in [5.41, 5.74) is 7.83. The first-order valence-corrected chi connectivity index (χ1v) is 7.27. The molecule has 0 heterocycles. The van der Waals surface area contributed by atoms with Crippen molar-refractivity contribution in [3.8, 4) is 6.07 Å². The van der Waals surface area contributed by atoms with E-state index in [2.05, 4.69) is 24.0 Å². The van der Waals surface area contributed by atoms with E-state index >= 15 is 0 Å². The van der Waals surface area contributed by atoms with Gasteiger partial charge >= 0.3 is 0 Å². The normalized spacial score (nSPS) is 22.8. The number of anilines is 1. The van der Waals surface area contributed by atoms with E-state index in [1.807, 2.05) is 18.2 Å². The Balaban J connectivity index is 2.25. The molecule has 102 valence electrons. The Morgan fingerprint density at radius 2 is 2.16 bits per heavy atom. The van der Waals surface area contributed by atoms with Crippen LogP contribution in [0.1, 0.15) is 38.2 Å². The van der Waals surface area contributed by atoms with Gasteiger partial charge in [-0.1, -0.05) is 18.9 Å². The molecule has 0 saturated heterocycles. The van der Waals surface area contributed by atoms with Gasteiger partial charge in [-0.2, -0.15) is 5.26 Å². The highest BCUT2D eigenvalue weighted by Crippen LogP contribution is 2.31. The Morgan fingerprint density at radius 1 is 1.37 bits per heavy atom. The van der Waals surface area contributed by atoms with Gasteiger partial charge in [0.05, 0.1) is 11.6 Å². The number of hydrogen-bond acceptors (Lipinski definition) is 3. The summed E-state index contributed by atoms with van der Waals surface area (Å²) >= 11 is 0. The molecule has 1 aliphatic rings. The summed E-state index contributed by atoms with van der Waals surface area (Å²) in [5, 5.41) is 9.04. The lowest BCUT2D eigenvalue weighted by Crippen LogP contribution is -2.45. The Morgan fingerprint density at radius 3 is 2.84 bits per heavy atom. The van der Waals surface area contributed by atoms with Gasteiger partial charge in [-0.3, -0.25) is 0 Å². The van der Waals surface area contributed by atoms with Crippen molar-refractivity contribution in [1.82, 2.24) is 0 Å². The van der Waals surface area contributed by atoms with Gasteiger partial charge in [0.25, 0.3) is 0 Å². The molecular weight excluding hydrogens is 234 g/mol. The molecule has 1 aromatic rings. The summed E-state index contributed by atoms with van der Waals surface area (Å²) in [5.74, 6) is 0.583. The quantitative estimate of drug-likeness (QED) is 0.902. The van der Waals surface area contributed by atoms with E-state index in [4.69, 9.17) is 11.0 Å². The number of benzene rings is 1. The lowest BCUT2D eigenvalue weighted by atomic mass is 9.83. The molecule has 1 aliphatic carbocycles. The second kappa shape index (κ2) is 6.58. The zero-order valence-electron chi connectivity index (χ0n) is 11.7. The fraction of sp³-hybridized carbons (Fsp3) is 0.562. The van der Waals surface area contributed by atoms with Crippen LogP contribution >= 0.6 is 0 Å². The van der Waals surface area contributed by atoms with Crippen molar-refractivity contribution in [2.24, 2.45) is 11.7 Å². The van der Waals surface area contributed by atoms with Crippen molar-refractivity contribution in [2.45, 2.75) is 38.6 Å². The second-order valence-corrected chi connectivity index (χ2v) is 5.30. The summed E-state index contributed by atoms with van der Waals surface area (Å²) in [7, 11) is 0. The molecule has 2 rings (SSSR count). The Hall–Kier alpha value is -1.53. The fourth-order valence-corrected chi connectivity index (χ4v) is 3.24. The van der Waals surface area contributed by atoms with Gasteiger partial charge in [0, 0.05) is 18.3 Å². The predicted molar refractivity (Wildman–Crippen MR) is 79.0 cm³/mol. The van der Waals surface area contributed by atoms with Gasteiger partial charge in [-0.25, -0.2) is 0 Å². The maximum atomic E-state index is 9.04. The molecule has 1 aromatic carbocycles. The van der Waals surface area contributed by atoms with Crippen molar-refractivity contribution >= 4 is 5.69 Å². The highest BCUT2D eigenvalue weighted by atomic mass is 15.2.